The summed E-state index contributed by atoms with van der Waals surface area (Å²) in [6.07, 6.45) is 11.6. The van der Waals surface area contributed by atoms with Crippen molar-refractivity contribution in [2.24, 2.45) is 5.92 Å². The Morgan fingerprint density at radius 3 is 2.35 bits per heavy atom. The van der Waals surface area contributed by atoms with E-state index < -0.39 is 0 Å². The third-order valence-electron chi connectivity index (χ3n) is 5.58. The van der Waals surface area contributed by atoms with Gasteiger partial charge >= 0.3 is 5.97 Å². The number of rotatable bonds is 13. The highest BCUT2D eigenvalue weighted by Gasteiger charge is 2.28. The van der Waals surface area contributed by atoms with E-state index in [0.29, 0.717) is 23.5 Å². The zero-order chi connectivity index (χ0) is 22.6. The molecule has 0 spiro atoms. The second-order valence-electron chi connectivity index (χ2n) is 8.40. The lowest BCUT2D eigenvalue weighted by atomic mass is 9.93. The summed E-state index contributed by atoms with van der Waals surface area (Å²) < 4.78 is 5.60. The van der Waals surface area contributed by atoms with Crippen LogP contribution < -0.4 is 0 Å². The first-order valence-electron chi connectivity index (χ1n) is 11.6. The molecule has 0 saturated heterocycles. The molecule has 31 heavy (non-hydrogen) atoms. The van der Waals surface area contributed by atoms with Crippen molar-refractivity contribution in [1.29, 1.82) is 0 Å². The highest BCUT2D eigenvalue weighted by atomic mass is 32.2. The van der Waals surface area contributed by atoms with Gasteiger partial charge in [0.2, 0.25) is 0 Å². The third kappa shape index (κ3) is 8.98. The van der Waals surface area contributed by atoms with Crippen LogP contribution in [0, 0.1) is 5.92 Å². The summed E-state index contributed by atoms with van der Waals surface area (Å²) in [6.45, 7) is 4.08. The number of Topliss-reactive ketones (excluding diaryl/α,β-unsaturated/α-hetero) is 1. The minimum atomic E-state index is -0.298. The van der Waals surface area contributed by atoms with E-state index in [9.17, 15) is 19.8 Å². The van der Waals surface area contributed by atoms with Gasteiger partial charge in [0, 0.05) is 23.3 Å². The van der Waals surface area contributed by atoms with Gasteiger partial charge in [-0.2, -0.15) is 0 Å². The van der Waals surface area contributed by atoms with Gasteiger partial charge in [0.15, 0.2) is 0 Å². The highest BCUT2D eigenvalue weighted by Crippen LogP contribution is 2.42. The second kappa shape index (κ2) is 13.5. The van der Waals surface area contributed by atoms with E-state index >= 15 is 0 Å². The molecule has 1 aliphatic carbocycles. The van der Waals surface area contributed by atoms with Gasteiger partial charge in [0.25, 0.3) is 0 Å². The zero-order valence-corrected chi connectivity index (χ0v) is 19.6. The number of ether oxygens (including phenoxy) is 1. The van der Waals surface area contributed by atoms with Crippen molar-refractivity contribution in [1.82, 2.24) is 0 Å². The molecule has 0 aromatic heterocycles. The molecule has 1 aromatic carbocycles. The Kier molecular flexibility index (Phi) is 11.0. The average Bonchev–Trinajstić information content (AvgIpc) is 2.72. The first-order valence-corrected chi connectivity index (χ1v) is 12.4. The average molecular weight is 449 g/mol. The molecule has 172 valence electrons. The number of ketones is 1. The topological polar surface area (TPSA) is 83.8 Å². The van der Waals surface area contributed by atoms with E-state index in [4.69, 9.17) is 4.74 Å². The standard InChI is InChI=1S/C25H36O5S/c1-3-4-5-6-7-8-9-10-11-12-25(29)30-22-17-20(27)18(2)15-24(22)31-23-14-13-19(26)16-21(23)28/h13-14,16,18,26,28H,3-12,15,17H2,1-2H3. The highest BCUT2D eigenvalue weighted by molar-refractivity contribution is 8.03. The number of unbranched alkanes of at least 4 members (excludes halogenated alkanes) is 8. The van der Waals surface area contributed by atoms with Gasteiger partial charge in [-0.15, -0.1) is 0 Å². The smallest absolute Gasteiger partial charge is 0.310 e. The summed E-state index contributed by atoms with van der Waals surface area (Å²) in [4.78, 5) is 25.9. The molecule has 0 heterocycles. The van der Waals surface area contributed by atoms with Gasteiger partial charge < -0.3 is 14.9 Å². The van der Waals surface area contributed by atoms with E-state index in [-0.39, 0.29) is 35.6 Å². The third-order valence-corrected chi connectivity index (χ3v) is 6.79. The molecule has 0 saturated carbocycles. The zero-order valence-electron chi connectivity index (χ0n) is 18.8. The fourth-order valence-electron chi connectivity index (χ4n) is 3.62. The maximum Gasteiger partial charge on any atom is 0.310 e. The van der Waals surface area contributed by atoms with Gasteiger partial charge in [0.05, 0.1) is 11.3 Å². The number of allylic oxidation sites excluding steroid dienone is 2. The minimum Gasteiger partial charge on any atom is -0.508 e. The fourth-order valence-corrected chi connectivity index (χ4v) is 4.75. The van der Waals surface area contributed by atoms with Crippen molar-refractivity contribution in [3.8, 4) is 11.5 Å². The molecule has 1 atom stereocenters. The Bertz CT molecular complexity index is 771. The Morgan fingerprint density at radius 2 is 1.71 bits per heavy atom. The van der Waals surface area contributed by atoms with Gasteiger partial charge in [-0.25, -0.2) is 0 Å². The van der Waals surface area contributed by atoms with Gasteiger partial charge in [-0.3, -0.25) is 9.59 Å². The summed E-state index contributed by atoms with van der Waals surface area (Å²) in [6, 6.07) is 4.39. The van der Waals surface area contributed by atoms with Crippen molar-refractivity contribution in [2.45, 2.75) is 95.8 Å². The summed E-state index contributed by atoms with van der Waals surface area (Å²) in [5, 5.41) is 19.6. The lowest BCUT2D eigenvalue weighted by molar-refractivity contribution is -0.140. The van der Waals surface area contributed by atoms with Crippen LogP contribution in [0.4, 0.5) is 0 Å². The number of carbonyl (C=O) groups excluding carboxylic acids is 2. The molecule has 5 nitrogen and oxygen atoms in total. The predicted octanol–water partition coefficient (Wildman–Crippen LogP) is 6.86. The van der Waals surface area contributed by atoms with Gasteiger partial charge in [-0.1, -0.05) is 77.0 Å². The van der Waals surface area contributed by atoms with Crippen LogP contribution in [0.15, 0.2) is 33.8 Å². The number of esters is 1. The van der Waals surface area contributed by atoms with E-state index in [2.05, 4.69) is 6.92 Å². The van der Waals surface area contributed by atoms with Crippen LogP contribution >= 0.6 is 11.8 Å². The van der Waals surface area contributed by atoms with Crippen LogP contribution in [0.2, 0.25) is 0 Å². The maximum atomic E-state index is 12.4. The molecule has 0 bridgehead atoms. The molecule has 1 unspecified atom stereocenters. The minimum absolute atomic E-state index is 0.0179. The molecule has 1 aliphatic rings. The monoisotopic (exact) mass is 448 g/mol. The van der Waals surface area contributed by atoms with E-state index in [0.717, 1.165) is 24.2 Å². The number of carbonyl (C=O) groups is 2. The largest absolute Gasteiger partial charge is 0.508 e. The molecular weight excluding hydrogens is 412 g/mol. The fraction of sp³-hybridized carbons (Fsp3) is 0.600. The van der Waals surface area contributed by atoms with Crippen molar-refractivity contribution in [3.05, 3.63) is 28.9 Å². The molecule has 0 fully saturated rings. The maximum absolute atomic E-state index is 12.4. The second-order valence-corrected chi connectivity index (χ2v) is 9.54. The van der Waals surface area contributed by atoms with Crippen molar-refractivity contribution in [2.75, 3.05) is 0 Å². The quantitative estimate of drug-likeness (QED) is 0.253. The molecule has 0 radical (unpaired) electrons. The van der Waals surface area contributed by atoms with Crippen LogP contribution in [0.5, 0.6) is 11.5 Å². The predicted molar refractivity (Wildman–Crippen MR) is 124 cm³/mol. The van der Waals surface area contributed by atoms with E-state index in [1.165, 1.54) is 62.4 Å². The van der Waals surface area contributed by atoms with Crippen molar-refractivity contribution in [3.63, 3.8) is 0 Å². The number of benzene rings is 1. The molecule has 2 N–H and O–H groups in total. The number of thioether (sulfide) groups is 1. The first kappa shape index (κ1) is 25.3. The molecular formula is C25H36O5S. The van der Waals surface area contributed by atoms with E-state index in [1.807, 2.05) is 6.92 Å². The summed E-state index contributed by atoms with van der Waals surface area (Å²) >= 11 is 1.29. The summed E-state index contributed by atoms with van der Waals surface area (Å²) in [7, 11) is 0. The Hall–Kier alpha value is -1.95. The van der Waals surface area contributed by atoms with Gasteiger partial charge in [0.1, 0.15) is 23.0 Å². The molecule has 0 amide bonds. The van der Waals surface area contributed by atoms with Crippen LogP contribution in [-0.2, 0) is 14.3 Å². The lowest BCUT2D eigenvalue weighted by Crippen LogP contribution is -2.21. The Labute approximate surface area is 190 Å². The van der Waals surface area contributed by atoms with Crippen LogP contribution in [0.25, 0.3) is 0 Å². The Balaban J connectivity index is 1.84. The van der Waals surface area contributed by atoms with Crippen molar-refractivity contribution < 1.29 is 24.5 Å². The van der Waals surface area contributed by atoms with Crippen LogP contribution in [0.3, 0.4) is 0 Å². The van der Waals surface area contributed by atoms with Gasteiger partial charge in [-0.05, 0) is 25.0 Å². The molecule has 1 aromatic rings. The number of hydrogen-bond acceptors (Lipinski definition) is 6. The molecule has 2 rings (SSSR count). The number of hydrogen-bond donors (Lipinski definition) is 2. The van der Waals surface area contributed by atoms with Crippen LogP contribution in [0.1, 0.15) is 90.9 Å². The first-order chi connectivity index (χ1) is 14.9. The molecule has 6 heteroatoms. The Morgan fingerprint density at radius 1 is 1.06 bits per heavy atom. The number of phenols is 2. The normalized spacial score (nSPS) is 16.6. The number of phenolic OH excluding ortho intramolecular Hbond substituents is 2. The van der Waals surface area contributed by atoms with Crippen molar-refractivity contribution >= 4 is 23.5 Å². The lowest BCUT2D eigenvalue weighted by Gasteiger charge is -2.23. The summed E-state index contributed by atoms with van der Waals surface area (Å²) in [5.41, 5.74) is 0. The molecule has 0 aliphatic heterocycles. The number of aromatic hydroxyl groups is 2. The van der Waals surface area contributed by atoms with Crippen LogP contribution in [-0.4, -0.2) is 22.0 Å². The van der Waals surface area contributed by atoms with E-state index in [1.54, 1.807) is 6.07 Å². The summed E-state index contributed by atoms with van der Waals surface area (Å²) in [5.74, 6) is -0.0421. The SMILES string of the molecule is CCCCCCCCCCCC(=O)OC1=C(Sc2ccc(O)cc2O)CC(C)C(=O)C1.